The third kappa shape index (κ3) is 7.43. The van der Waals surface area contributed by atoms with Crippen molar-refractivity contribution in [2.24, 2.45) is 0 Å². The fraction of sp³-hybridized carbons (Fsp3) is 0.0714. The van der Waals surface area contributed by atoms with E-state index < -0.39 is 23.5 Å². The lowest BCUT2D eigenvalue weighted by atomic mass is 9.90. The Morgan fingerprint density at radius 2 is 0.627 bits per heavy atom. The largest absolute Gasteiger partial charge is 0.417 e. The molecular weight excluding hydrogens is 660 g/mol. The van der Waals surface area contributed by atoms with E-state index in [2.05, 4.69) is 27.1 Å². The molecule has 0 aliphatic carbocycles. The number of halogens is 6. The van der Waals surface area contributed by atoms with Gasteiger partial charge in [0.1, 0.15) is 0 Å². The van der Waals surface area contributed by atoms with Crippen LogP contribution in [0.15, 0.2) is 146 Å². The summed E-state index contributed by atoms with van der Waals surface area (Å²) in [4.78, 5) is 12.0. The van der Waals surface area contributed by atoms with Crippen LogP contribution in [0.5, 0.6) is 0 Å². The van der Waals surface area contributed by atoms with Crippen molar-refractivity contribution >= 4 is 0 Å². The molecule has 0 amide bonds. The number of rotatable bonds is 6. The molecule has 7 aromatic rings. The zero-order chi connectivity index (χ0) is 35.8. The maximum absolute atomic E-state index is 13.5. The van der Waals surface area contributed by atoms with E-state index in [9.17, 15) is 26.3 Å². The zero-order valence-electron chi connectivity index (χ0n) is 27.0. The third-order valence-corrected chi connectivity index (χ3v) is 8.53. The van der Waals surface area contributed by atoms with Crippen LogP contribution < -0.4 is 0 Å². The van der Waals surface area contributed by atoms with E-state index >= 15 is 0 Å². The SMILES string of the molecule is Cc1cncc(-c2cccc(-c3cc(-c4cccc(-c5cncc(C(F)(F)F)c5)c4)cc(-c4cccc(-c5cncc(C(F)(F)F)c5)c4)c3)c2)c1. The van der Waals surface area contributed by atoms with E-state index in [0.717, 1.165) is 74.6 Å². The first-order valence-electron chi connectivity index (χ1n) is 15.8. The summed E-state index contributed by atoms with van der Waals surface area (Å²) in [7, 11) is 0. The van der Waals surface area contributed by atoms with Gasteiger partial charge in [0.15, 0.2) is 0 Å². The van der Waals surface area contributed by atoms with Gasteiger partial charge in [0.05, 0.1) is 11.1 Å². The first kappa shape index (κ1) is 33.4. The fourth-order valence-corrected chi connectivity index (χ4v) is 5.98. The molecule has 9 heteroatoms. The maximum atomic E-state index is 13.5. The highest BCUT2D eigenvalue weighted by atomic mass is 19.4. The normalized spacial score (nSPS) is 11.8. The molecule has 0 radical (unpaired) electrons. The second-order valence-corrected chi connectivity index (χ2v) is 12.2. The molecule has 0 aliphatic heterocycles. The van der Waals surface area contributed by atoms with Crippen LogP contribution >= 0.6 is 0 Å². The molecule has 7 rings (SSSR count). The topological polar surface area (TPSA) is 38.7 Å². The molecule has 0 saturated carbocycles. The predicted molar refractivity (Wildman–Crippen MR) is 187 cm³/mol. The average molecular weight is 688 g/mol. The van der Waals surface area contributed by atoms with Crippen molar-refractivity contribution in [3.8, 4) is 66.8 Å². The molecule has 0 spiro atoms. The monoisotopic (exact) mass is 687 g/mol. The molecule has 252 valence electrons. The second-order valence-electron chi connectivity index (χ2n) is 12.2. The van der Waals surface area contributed by atoms with Gasteiger partial charge in [-0.25, -0.2) is 0 Å². The van der Waals surface area contributed by atoms with Gasteiger partial charge in [0.2, 0.25) is 0 Å². The molecule has 0 fully saturated rings. The summed E-state index contributed by atoms with van der Waals surface area (Å²) in [5, 5.41) is 0. The van der Waals surface area contributed by atoms with Gasteiger partial charge in [-0.15, -0.1) is 0 Å². The van der Waals surface area contributed by atoms with Crippen molar-refractivity contribution in [1.29, 1.82) is 0 Å². The average Bonchev–Trinajstić information content (AvgIpc) is 3.14. The molecule has 0 atom stereocenters. The lowest BCUT2D eigenvalue weighted by molar-refractivity contribution is -0.138. The Hall–Kier alpha value is -6.09. The molecule has 3 nitrogen and oxygen atoms in total. The molecule has 0 bridgehead atoms. The first-order valence-corrected chi connectivity index (χ1v) is 15.8. The van der Waals surface area contributed by atoms with Crippen LogP contribution in [-0.2, 0) is 12.4 Å². The maximum Gasteiger partial charge on any atom is 0.417 e. The Labute approximate surface area is 290 Å². The van der Waals surface area contributed by atoms with E-state index in [1.165, 1.54) is 12.4 Å². The quantitative estimate of drug-likeness (QED) is 0.163. The number of hydrogen-bond acceptors (Lipinski definition) is 3. The summed E-state index contributed by atoms with van der Waals surface area (Å²) in [6.45, 7) is 1.98. The zero-order valence-corrected chi connectivity index (χ0v) is 27.0. The van der Waals surface area contributed by atoms with Crippen LogP contribution in [0.2, 0.25) is 0 Å². The van der Waals surface area contributed by atoms with Crippen molar-refractivity contribution in [3.63, 3.8) is 0 Å². The molecule has 51 heavy (non-hydrogen) atoms. The minimum Gasteiger partial charge on any atom is -0.264 e. The molecule has 3 heterocycles. The van der Waals surface area contributed by atoms with E-state index in [0.29, 0.717) is 22.3 Å². The van der Waals surface area contributed by atoms with E-state index in [1.54, 1.807) is 36.7 Å². The predicted octanol–water partition coefficient (Wildman–Crippen LogP) is 12.2. The molecular formula is C42H27F6N3. The van der Waals surface area contributed by atoms with Crippen molar-refractivity contribution in [2.45, 2.75) is 19.3 Å². The molecule has 0 N–H and O–H groups in total. The second kappa shape index (κ2) is 13.3. The number of nitrogens with zero attached hydrogens (tertiary/aromatic N) is 3. The minimum atomic E-state index is -4.54. The number of benzene rings is 4. The smallest absolute Gasteiger partial charge is 0.264 e. The fourth-order valence-electron chi connectivity index (χ4n) is 5.98. The van der Waals surface area contributed by atoms with Crippen molar-refractivity contribution in [3.05, 3.63) is 163 Å². The van der Waals surface area contributed by atoms with E-state index in [4.69, 9.17) is 0 Å². The third-order valence-electron chi connectivity index (χ3n) is 8.53. The summed E-state index contributed by atoms with van der Waals surface area (Å²) < 4.78 is 81.0. The van der Waals surface area contributed by atoms with Crippen molar-refractivity contribution in [1.82, 2.24) is 15.0 Å². The van der Waals surface area contributed by atoms with Gasteiger partial charge >= 0.3 is 12.4 Å². The summed E-state index contributed by atoms with van der Waals surface area (Å²) in [5.41, 5.74) is 7.90. The Morgan fingerprint density at radius 3 is 0.961 bits per heavy atom. The summed E-state index contributed by atoms with van der Waals surface area (Å²) in [6.07, 6.45) is -1.09. The van der Waals surface area contributed by atoms with Gasteiger partial charge in [-0.1, -0.05) is 54.6 Å². The van der Waals surface area contributed by atoms with Crippen molar-refractivity contribution in [2.75, 3.05) is 0 Å². The number of aromatic nitrogens is 3. The lowest BCUT2D eigenvalue weighted by Crippen LogP contribution is -2.05. The van der Waals surface area contributed by atoms with Crippen LogP contribution in [-0.4, -0.2) is 15.0 Å². The summed E-state index contributed by atoms with van der Waals surface area (Å²) in [5.74, 6) is 0. The molecule has 3 aromatic heterocycles. The van der Waals surface area contributed by atoms with Crippen molar-refractivity contribution < 1.29 is 26.3 Å². The van der Waals surface area contributed by atoms with Gasteiger partial charge in [-0.2, -0.15) is 26.3 Å². The molecule has 0 aliphatic rings. The van der Waals surface area contributed by atoms with Gasteiger partial charge in [-0.05, 0) is 117 Å². The molecule has 4 aromatic carbocycles. The van der Waals surface area contributed by atoms with E-state index in [-0.39, 0.29) is 0 Å². The Kier molecular flexibility index (Phi) is 8.73. The highest BCUT2D eigenvalue weighted by molar-refractivity contribution is 5.85. The Morgan fingerprint density at radius 1 is 0.333 bits per heavy atom. The van der Waals surface area contributed by atoms with Crippen LogP contribution in [0, 0.1) is 6.92 Å². The molecule has 0 unspecified atom stereocenters. The van der Waals surface area contributed by atoms with Gasteiger partial charge in [-0.3, -0.25) is 15.0 Å². The summed E-state index contributed by atoms with van der Waals surface area (Å²) >= 11 is 0. The first-order chi connectivity index (χ1) is 24.4. The van der Waals surface area contributed by atoms with Crippen LogP contribution in [0.25, 0.3) is 66.8 Å². The van der Waals surface area contributed by atoms with Gasteiger partial charge in [0.25, 0.3) is 0 Å². The number of hydrogen-bond donors (Lipinski definition) is 0. The molecule has 0 saturated heterocycles. The number of pyridine rings is 3. The lowest BCUT2D eigenvalue weighted by Gasteiger charge is -2.14. The minimum absolute atomic E-state index is 0.324. The van der Waals surface area contributed by atoms with Crippen LogP contribution in [0.1, 0.15) is 16.7 Å². The van der Waals surface area contributed by atoms with Gasteiger partial charge < -0.3 is 0 Å². The highest BCUT2D eigenvalue weighted by Crippen LogP contribution is 2.38. The number of alkyl halides is 6. The highest BCUT2D eigenvalue weighted by Gasteiger charge is 2.32. The van der Waals surface area contributed by atoms with E-state index in [1.807, 2.05) is 67.6 Å². The van der Waals surface area contributed by atoms with Crippen LogP contribution in [0.4, 0.5) is 26.3 Å². The standard InChI is InChI=1S/C42H27F6N3/c1-26-11-36(21-49-20-26)30-8-2-5-27(12-30)33-15-34(28-6-3-9-31(13-28)37-18-39(24-50-22-37)41(43,44)45)17-35(16-33)29-7-4-10-32(14-29)38-19-40(25-51-23-38)42(46,47)48/h2-25H,1H3. The number of aryl methyl sites for hydroxylation is 1. The summed E-state index contributed by atoms with van der Waals surface area (Å²) in [6, 6.07) is 32.7. The Balaban J connectivity index is 1.37. The van der Waals surface area contributed by atoms with Gasteiger partial charge in [0, 0.05) is 53.9 Å². The Bertz CT molecular complexity index is 2260. The van der Waals surface area contributed by atoms with Crippen LogP contribution in [0.3, 0.4) is 0 Å².